The van der Waals surface area contributed by atoms with Crippen LogP contribution in [0.15, 0.2) is 48.8 Å². The van der Waals surface area contributed by atoms with Crippen molar-refractivity contribution in [1.29, 1.82) is 0 Å². The van der Waals surface area contributed by atoms with E-state index in [-0.39, 0.29) is 23.8 Å². The van der Waals surface area contributed by atoms with Crippen molar-refractivity contribution in [3.05, 3.63) is 54.4 Å². The summed E-state index contributed by atoms with van der Waals surface area (Å²) in [5.74, 6) is 0.782. The molecule has 3 heterocycles. The number of aromatic nitrogens is 3. The fourth-order valence-corrected chi connectivity index (χ4v) is 3.67. The molecule has 0 spiro atoms. The van der Waals surface area contributed by atoms with Gasteiger partial charge in [0.2, 0.25) is 0 Å². The van der Waals surface area contributed by atoms with Crippen LogP contribution in [0.4, 0.5) is 41.1 Å². The van der Waals surface area contributed by atoms with E-state index in [2.05, 4.69) is 25.6 Å². The molecule has 0 aliphatic heterocycles. The Hall–Kier alpha value is -4.09. The summed E-state index contributed by atoms with van der Waals surface area (Å²) in [6.45, 7) is 10.4. The van der Waals surface area contributed by atoms with Crippen LogP contribution in [0.1, 0.15) is 46.6 Å². The number of hydrogen-bond donors (Lipinski definition) is 3. The van der Waals surface area contributed by atoms with Crippen molar-refractivity contribution >= 4 is 29.2 Å². The highest BCUT2D eigenvalue weighted by Crippen LogP contribution is 2.31. The zero-order chi connectivity index (χ0) is 28.8. The second kappa shape index (κ2) is 12.2. The molecule has 1 amide bonds. The summed E-state index contributed by atoms with van der Waals surface area (Å²) in [4.78, 5) is 27.2. The monoisotopic (exact) mass is 545 g/mol. The van der Waals surface area contributed by atoms with Crippen LogP contribution in [-0.2, 0) is 10.9 Å². The number of alkyl halides is 3. The Balaban J connectivity index is 1.75. The van der Waals surface area contributed by atoms with Crippen LogP contribution in [0.2, 0.25) is 0 Å². The number of carbonyl (C=O) groups is 1. The second-order valence-electron chi connectivity index (χ2n) is 10.1. The molecule has 12 heteroatoms. The second-order valence-corrected chi connectivity index (χ2v) is 10.1. The topological polar surface area (TPSA) is 118 Å². The first kappa shape index (κ1) is 29.5. The fraction of sp³-hybridized carbons (Fsp3) is 0.407. The predicted octanol–water partition coefficient (Wildman–Crippen LogP) is 6.33. The number of ether oxygens (including phenoxy) is 1. The normalized spacial score (nSPS) is 12.5. The SMILES string of the molecule is CCCN(C(=O)OC(C)(C)C)[C@@H](C)CNc1cc(-c2cc(N)cc(Nc3cc(C(F)(F)F)ccn3)n2)ccn1. The van der Waals surface area contributed by atoms with Gasteiger partial charge in [0.15, 0.2) is 0 Å². The molecule has 39 heavy (non-hydrogen) atoms. The number of carbonyl (C=O) groups excluding carboxylic acids is 1. The van der Waals surface area contributed by atoms with Crippen molar-refractivity contribution in [2.75, 3.05) is 29.5 Å². The van der Waals surface area contributed by atoms with Gasteiger partial charge in [0.1, 0.15) is 23.1 Å². The van der Waals surface area contributed by atoms with Gasteiger partial charge in [-0.3, -0.25) is 0 Å². The van der Waals surface area contributed by atoms with E-state index >= 15 is 0 Å². The molecule has 0 aliphatic rings. The molecule has 9 nitrogen and oxygen atoms in total. The number of halogens is 3. The van der Waals surface area contributed by atoms with Crippen molar-refractivity contribution in [2.24, 2.45) is 0 Å². The van der Waals surface area contributed by atoms with Gasteiger partial charge in [0.05, 0.1) is 11.3 Å². The number of rotatable bonds is 9. The van der Waals surface area contributed by atoms with Crippen LogP contribution >= 0.6 is 0 Å². The zero-order valence-electron chi connectivity index (χ0n) is 22.6. The third kappa shape index (κ3) is 8.72. The van der Waals surface area contributed by atoms with Crippen molar-refractivity contribution in [3.63, 3.8) is 0 Å². The van der Waals surface area contributed by atoms with E-state index in [4.69, 9.17) is 10.5 Å². The quantitative estimate of drug-likeness (QED) is 0.285. The molecule has 4 N–H and O–H groups in total. The largest absolute Gasteiger partial charge is 0.444 e. The molecule has 3 aromatic rings. The highest BCUT2D eigenvalue weighted by molar-refractivity contribution is 5.70. The molecule has 0 radical (unpaired) electrons. The number of pyridine rings is 3. The third-order valence-electron chi connectivity index (χ3n) is 5.45. The molecule has 3 rings (SSSR count). The molecule has 1 atom stereocenters. The van der Waals surface area contributed by atoms with E-state index in [0.717, 1.165) is 24.8 Å². The minimum absolute atomic E-state index is 0.0124. The first-order valence-corrected chi connectivity index (χ1v) is 12.5. The first-order chi connectivity index (χ1) is 18.2. The van der Waals surface area contributed by atoms with Crippen LogP contribution < -0.4 is 16.4 Å². The lowest BCUT2D eigenvalue weighted by Crippen LogP contribution is -2.45. The van der Waals surface area contributed by atoms with Crippen molar-refractivity contribution in [2.45, 2.75) is 58.9 Å². The maximum atomic E-state index is 13.1. The van der Waals surface area contributed by atoms with E-state index in [0.29, 0.717) is 35.9 Å². The summed E-state index contributed by atoms with van der Waals surface area (Å²) >= 11 is 0. The van der Waals surface area contributed by atoms with Crippen LogP contribution in [-0.4, -0.2) is 50.7 Å². The van der Waals surface area contributed by atoms with E-state index < -0.39 is 17.3 Å². The number of hydrogen-bond acceptors (Lipinski definition) is 8. The average Bonchev–Trinajstić information content (AvgIpc) is 2.84. The standard InChI is InChI=1S/C27H34F3N7O2/c1-6-11-37(25(38)39-26(3,4)5)17(2)16-34-22-12-18(7-9-32-22)21-14-20(31)15-24(35-21)36-23-13-19(8-10-33-23)27(28,29)30/h7-10,12-15,17H,6,11,16H2,1-5H3,(H,32,34)(H3,31,33,35,36)/t17-/m0/s1. The van der Waals surface area contributed by atoms with Crippen molar-refractivity contribution < 1.29 is 22.7 Å². The van der Waals surface area contributed by atoms with Gasteiger partial charge in [-0.05, 0) is 64.4 Å². The number of amides is 1. The Morgan fingerprint density at radius 3 is 2.41 bits per heavy atom. The molecule has 0 bridgehead atoms. The molecule has 0 saturated carbocycles. The Morgan fingerprint density at radius 2 is 1.74 bits per heavy atom. The first-order valence-electron chi connectivity index (χ1n) is 12.5. The molecule has 0 unspecified atom stereocenters. The van der Waals surface area contributed by atoms with Crippen LogP contribution in [0.25, 0.3) is 11.3 Å². The Morgan fingerprint density at radius 1 is 1.05 bits per heavy atom. The number of nitrogen functional groups attached to an aromatic ring is 1. The minimum Gasteiger partial charge on any atom is -0.444 e. The van der Waals surface area contributed by atoms with Gasteiger partial charge in [0.25, 0.3) is 0 Å². The van der Waals surface area contributed by atoms with Crippen molar-refractivity contribution in [3.8, 4) is 11.3 Å². The van der Waals surface area contributed by atoms with E-state index in [1.807, 2.05) is 34.6 Å². The summed E-state index contributed by atoms with van der Waals surface area (Å²) in [5, 5.41) is 6.04. The maximum absolute atomic E-state index is 13.1. The highest BCUT2D eigenvalue weighted by atomic mass is 19.4. The molecule has 3 aromatic heterocycles. The van der Waals surface area contributed by atoms with Gasteiger partial charge < -0.3 is 26.0 Å². The maximum Gasteiger partial charge on any atom is 0.416 e. The lowest BCUT2D eigenvalue weighted by Gasteiger charge is -2.31. The van der Waals surface area contributed by atoms with E-state index in [1.54, 1.807) is 29.3 Å². The Bertz CT molecular complexity index is 1280. The molecular formula is C27H34F3N7O2. The molecule has 210 valence electrons. The Kier molecular flexibility index (Phi) is 9.20. The van der Waals surface area contributed by atoms with Gasteiger partial charge in [-0.15, -0.1) is 0 Å². The molecular weight excluding hydrogens is 511 g/mol. The lowest BCUT2D eigenvalue weighted by molar-refractivity contribution is -0.137. The van der Waals surface area contributed by atoms with Gasteiger partial charge in [-0.25, -0.2) is 19.7 Å². The van der Waals surface area contributed by atoms with E-state index in [1.165, 1.54) is 6.07 Å². The summed E-state index contributed by atoms with van der Waals surface area (Å²) in [6, 6.07) is 8.30. The van der Waals surface area contributed by atoms with Gasteiger partial charge >= 0.3 is 12.3 Å². The smallest absolute Gasteiger partial charge is 0.416 e. The lowest BCUT2D eigenvalue weighted by atomic mass is 10.1. The number of anilines is 4. The summed E-state index contributed by atoms with van der Waals surface area (Å²) in [6.07, 6.45) is -1.41. The van der Waals surface area contributed by atoms with Gasteiger partial charge in [-0.2, -0.15) is 13.2 Å². The number of nitrogens with zero attached hydrogens (tertiary/aromatic N) is 4. The van der Waals surface area contributed by atoms with Crippen LogP contribution in [0.5, 0.6) is 0 Å². The average molecular weight is 546 g/mol. The highest BCUT2D eigenvalue weighted by Gasteiger charge is 2.31. The Labute approximate surface area is 226 Å². The number of nitrogens with one attached hydrogen (secondary N) is 2. The van der Waals surface area contributed by atoms with E-state index in [9.17, 15) is 18.0 Å². The molecule has 0 aliphatic carbocycles. The molecule has 0 saturated heterocycles. The fourth-order valence-electron chi connectivity index (χ4n) is 3.67. The molecule has 0 aromatic carbocycles. The summed E-state index contributed by atoms with van der Waals surface area (Å²) < 4.78 is 44.7. The molecule has 0 fully saturated rings. The van der Waals surface area contributed by atoms with Gasteiger partial charge in [0, 0.05) is 48.8 Å². The van der Waals surface area contributed by atoms with Crippen LogP contribution in [0, 0.1) is 0 Å². The number of nitrogens with two attached hydrogens (primary N) is 1. The summed E-state index contributed by atoms with van der Waals surface area (Å²) in [5.41, 5.74) is 6.17. The minimum atomic E-state index is -4.49. The predicted molar refractivity (Wildman–Crippen MR) is 146 cm³/mol. The zero-order valence-corrected chi connectivity index (χ0v) is 22.6. The van der Waals surface area contributed by atoms with Crippen molar-refractivity contribution in [1.82, 2.24) is 19.9 Å². The summed E-state index contributed by atoms with van der Waals surface area (Å²) in [7, 11) is 0. The third-order valence-corrected chi connectivity index (χ3v) is 5.45. The van der Waals surface area contributed by atoms with Gasteiger partial charge in [-0.1, -0.05) is 6.92 Å². The van der Waals surface area contributed by atoms with Crippen LogP contribution in [0.3, 0.4) is 0 Å².